The van der Waals surface area contributed by atoms with Gasteiger partial charge in [-0.15, -0.1) is 0 Å². The smallest absolute Gasteiger partial charge is 0.343 e. The van der Waals surface area contributed by atoms with Crippen LogP contribution in [0.3, 0.4) is 0 Å². The summed E-state index contributed by atoms with van der Waals surface area (Å²) in [6.45, 7) is 5.40. The molecule has 0 aliphatic carbocycles. The number of benzene rings is 2. The minimum Gasteiger partial charge on any atom is -0.449 e. The predicted octanol–water partition coefficient (Wildman–Crippen LogP) is 3.03. The molecule has 0 aliphatic heterocycles. The van der Waals surface area contributed by atoms with Gasteiger partial charge in [-0.3, -0.25) is 4.79 Å². The second kappa shape index (κ2) is 9.74. The number of nitrogens with two attached hydrogens (primary N) is 1. The van der Waals surface area contributed by atoms with Crippen LogP contribution in [0.15, 0.2) is 53.4 Å². The summed E-state index contributed by atoms with van der Waals surface area (Å²) >= 11 is 6.39. The molecule has 11 heteroatoms. The molecule has 33 heavy (non-hydrogen) atoms. The van der Waals surface area contributed by atoms with Gasteiger partial charge in [-0.05, 0) is 50.6 Å². The normalized spacial score (nSPS) is 12.3. The Kier molecular flexibility index (Phi) is 7.21. The van der Waals surface area contributed by atoms with Crippen LogP contribution < -0.4 is 10.5 Å². The molecule has 9 nitrogen and oxygen atoms in total. The summed E-state index contributed by atoms with van der Waals surface area (Å²) in [7, 11) is -3.84. The van der Waals surface area contributed by atoms with Crippen LogP contribution in [0, 0.1) is 13.8 Å². The first kappa shape index (κ1) is 24.4. The number of rotatable bonds is 7. The summed E-state index contributed by atoms with van der Waals surface area (Å²) < 4.78 is 29.4. The van der Waals surface area contributed by atoms with Crippen LogP contribution in [0.2, 0.25) is 5.15 Å². The van der Waals surface area contributed by atoms with E-state index < -0.39 is 28.0 Å². The number of halogens is 1. The van der Waals surface area contributed by atoms with E-state index in [1.807, 2.05) is 31.2 Å². The summed E-state index contributed by atoms with van der Waals surface area (Å²) in [5.41, 5.74) is 2.86. The molecule has 3 rings (SSSR count). The van der Waals surface area contributed by atoms with Gasteiger partial charge in [-0.2, -0.15) is 5.10 Å². The molecule has 1 heterocycles. The molecule has 1 atom stereocenters. The van der Waals surface area contributed by atoms with Crippen molar-refractivity contribution in [3.8, 4) is 0 Å². The zero-order valence-corrected chi connectivity index (χ0v) is 19.8. The summed E-state index contributed by atoms with van der Waals surface area (Å²) in [6, 6.07) is 13.1. The first-order chi connectivity index (χ1) is 15.5. The van der Waals surface area contributed by atoms with Crippen molar-refractivity contribution in [2.75, 3.05) is 5.32 Å². The molecule has 2 aromatic carbocycles. The van der Waals surface area contributed by atoms with Gasteiger partial charge in [0.2, 0.25) is 10.0 Å². The Bertz CT molecular complexity index is 1290. The van der Waals surface area contributed by atoms with Crippen molar-refractivity contribution in [1.29, 1.82) is 0 Å². The van der Waals surface area contributed by atoms with E-state index in [4.69, 9.17) is 21.5 Å². The van der Waals surface area contributed by atoms with Crippen LogP contribution in [0.1, 0.15) is 34.1 Å². The van der Waals surface area contributed by atoms with Gasteiger partial charge in [0.15, 0.2) is 6.10 Å². The van der Waals surface area contributed by atoms with Crippen LogP contribution in [0.25, 0.3) is 0 Å². The summed E-state index contributed by atoms with van der Waals surface area (Å²) in [4.78, 5) is 25.0. The van der Waals surface area contributed by atoms with E-state index in [1.165, 1.54) is 35.9 Å². The largest absolute Gasteiger partial charge is 0.449 e. The summed E-state index contributed by atoms with van der Waals surface area (Å²) in [6.07, 6.45) is -1.15. The lowest BCUT2D eigenvalue weighted by Gasteiger charge is -2.14. The Labute approximate surface area is 196 Å². The minimum atomic E-state index is -3.84. The molecular formula is C22H23ClN4O5S. The van der Waals surface area contributed by atoms with Gasteiger partial charge in [0.1, 0.15) is 10.7 Å². The van der Waals surface area contributed by atoms with Crippen LogP contribution in [-0.2, 0) is 26.1 Å². The molecule has 0 bridgehead atoms. The third-order valence-corrected chi connectivity index (χ3v) is 6.14. The molecule has 0 aliphatic rings. The number of esters is 1. The number of ether oxygens (including phenoxy) is 1. The average Bonchev–Trinajstić information content (AvgIpc) is 3.02. The molecule has 174 valence electrons. The zero-order valence-electron chi connectivity index (χ0n) is 18.2. The Morgan fingerprint density at radius 1 is 1.12 bits per heavy atom. The summed E-state index contributed by atoms with van der Waals surface area (Å²) in [5.74, 6) is -1.38. The number of aryl methyl sites for hydroxylation is 2. The fourth-order valence-electron chi connectivity index (χ4n) is 3.00. The fraction of sp³-hybridized carbons (Fsp3) is 0.227. The van der Waals surface area contributed by atoms with Gasteiger partial charge in [0.25, 0.3) is 5.91 Å². The van der Waals surface area contributed by atoms with Gasteiger partial charge in [-0.1, -0.05) is 41.4 Å². The molecule has 0 saturated heterocycles. The van der Waals surface area contributed by atoms with E-state index in [1.54, 1.807) is 6.92 Å². The lowest BCUT2D eigenvalue weighted by molar-refractivity contribution is -0.123. The maximum Gasteiger partial charge on any atom is 0.343 e. The average molecular weight is 491 g/mol. The van der Waals surface area contributed by atoms with E-state index >= 15 is 0 Å². The van der Waals surface area contributed by atoms with E-state index in [0.717, 1.165) is 11.1 Å². The third kappa shape index (κ3) is 5.98. The Morgan fingerprint density at radius 3 is 2.30 bits per heavy atom. The maximum atomic E-state index is 12.7. The number of carbonyl (C=O) groups is 2. The van der Waals surface area contributed by atoms with Crippen molar-refractivity contribution in [1.82, 2.24) is 9.78 Å². The first-order valence-electron chi connectivity index (χ1n) is 9.89. The molecule has 3 aromatic rings. The number of nitrogens with one attached hydrogen (secondary N) is 1. The highest BCUT2D eigenvalue weighted by molar-refractivity contribution is 7.89. The fourth-order valence-corrected chi connectivity index (χ4v) is 3.83. The van der Waals surface area contributed by atoms with E-state index in [9.17, 15) is 18.0 Å². The van der Waals surface area contributed by atoms with Crippen LogP contribution in [0.4, 0.5) is 5.69 Å². The number of carbonyl (C=O) groups excluding carboxylic acids is 2. The lowest BCUT2D eigenvalue weighted by Crippen LogP contribution is -2.30. The van der Waals surface area contributed by atoms with Crippen molar-refractivity contribution in [2.45, 2.75) is 38.3 Å². The Morgan fingerprint density at radius 2 is 1.73 bits per heavy atom. The molecule has 0 spiro atoms. The number of hydrogen-bond donors (Lipinski definition) is 2. The predicted molar refractivity (Wildman–Crippen MR) is 124 cm³/mol. The number of sulfonamides is 1. The van der Waals surface area contributed by atoms with E-state index in [0.29, 0.717) is 17.9 Å². The Hall–Kier alpha value is -3.21. The topological polar surface area (TPSA) is 133 Å². The van der Waals surface area contributed by atoms with Crippen LogP contribution >= 0.6 is 11.6 Å². The van der Waals surface area contributed by atoms with Crippen molar-refractivity contribution in [2.24, 2.45) is 5.14 Å². The number of anilines is 1. The van der Waals surface area contributed by atoms with Crippen molar-refractivity contribution < 1.29 is 22.7 Å². The number of hydrogen-bond acceptors (Lipinski definition) is 6. The molecule has 0 saturated carbocycles. The highest BCUT2D eigenvalue weighted by Crippen LogP contribution is 2.23. The Balaban J connectivity index is 1.67. The zero-order chi connectivity index (χ0) is 24.3. The van der Waals surface area contributed by atoms with Crippen molar-refractivity contribution in [3.05, 3.63) is 76.1 Å². The minimum absolute atomic E-state index is 0.0842. The SMILES string of the molecule is Cc1ccc(Cn2nc(C)c(C(=O)OC(C)C(=O)Nc3ccc(S(N)(=O)=O)cc3)c2Cl)cc1. The quantitative estimate of drug-likeness (QED) is 0.489. The molecule has 0 fully saturated rings. The second-order valence-electron chi connectivity index (χ2n) is 7.50. The van der Waals surface area contributed by atoms with Crippen LogP contribution in [0.5, 0.6) is 0 Å². The second-order valence-corrected chi connectivity index (χ2v) is 9.42. The van der Waals surface area contributed by atoms with Gasteiger partial charge in [0, 0.05) is 5.69 Å². The third-order valence-electron chi connectivity index (χ3n) is 4.83. The molecule has 1 aromatic heterocycles. The van der Waals surface area contributed by atoms with Gasteiger partial charge in [0.05, 0.1) is 17.1 Å². The van der Waals surface area contributed by atoms with Crippen molar-refractivity contribution in [3.63, 3.8) is 0 Å². The number of nitrogens with zero attached hydrogens (tertiary/aromatic N) is 2. The number of aromatic nitrogens is 2. The van der Waals surface area contributed by atoms with Gasteiger partial charge in [-0.25, -0.2) is 23.0 Å². The van der Waals surface area contributed by atoms with Crippen molar-refractivity contribution >= 4 is 39.2 Å². The van der Waals surface area contributed by atoms with Gasteiger partial charge < -0.3 is 10.1 Å². The summed E-state index contributed by atoms with van der Waals surface area (Å²) in [5, 5.41) is 12.0. The first-order valence-corrected chi connectivity index (χ1v) is 11.8. The van der Waals surface area contributed by atoms with E-state index in [2.05, 4.69) is 10.4 Å². The molecule has 1 amide bonds. The monoisotopic (exact) mass is 490 g/mol. The number of primary sulfonamides is 1. The molecular weight excluding hydrogens is 468 g/mol. The van der Waals surface area contributed by atoms with Crippen LogP contribution in [-0.4, -0.2) is 36.2 Å². The maximum absolute atomic E-state index is 12.7. The molecule has 1 unspecified atom stereocenters. The highest BCUT2D eigenvalue weighted by Gasteiger charge is 2.26. The number of amides is 1. The van der Waals surface area contributed by atoms with Gasteiger partial charge >= 0.3 is 5.97 Å². The lowest BCUT2D eigenvalue weighted by atomic mass is 10.1. The molecule has 0 radical (unpaired) electrons. The molecule has 3 N–H and O–H groups in total. The van der Waals surface area contributed by atoms with E-state index in [-0.39, 0.29) is 15.6 Å². The highest BCUT2D eigenvalue weighted by atomic mass is 35.5. The standard InChI is InChI=1S/C22H23ClN4O5S/c1-13-4-6-16(7-5-13)12-27-20(23)19(14(2)26-27)22(29)32-15(3)21(28)25-17-8-10-18(11-9-17)33(24,30)31/h4-11,15H,12H2,1-3H3,(H,25,28)(H2,24,30,31).